The lowest BCUT2D eigenvalue weighted by Crippen LogP contribution is -2.49. The molecule has 0 amide bonds. The number of halogens is 2. The molecule has 4 nitrogen and oxygen atoms in total. The van der Waals surface area contributed by atoms with Crippen LogP contribution in [0.1, 0.15) is 44.6 Å². The summed E-state index contributed by atoms with van der Waals surface area (Å²) < 4.78 is 1.16. The SMILES string of the molecule is CCC(CNC(=NC)NC1CCN(C2CC2)CC1)Cc1cccc(Br)c1.I. The molecule has 1 aliphatic heterocycles. The Balaban J connectivity index is 0.00000261. The van der Waals surface area contributed by atoms with Crippen LogP contribution in [0.4, 0.5) is 0 Å². The molecule has 0 radical (unpaired) electrons. The van der Waals surface area contributed by atoms with Crippen LogP contribution in [0, 0.1) is 5.92 Å². The first kappa shape index (κ1) is 22.9. The van der Waals surface area contributed by atoms with Crippen molar-refractivity contribution in [2.75, 3.05) is 26.7 Å². The van der Waals surface area contributed by atoms with Crippen molar-refractivity contribution in [1.82, 2.24) is 15.5 Å². The average molecular weight is 549 g/mol. The highest BCUT2D eigenvalue weighted by Gasteiger charge is 2.31. The van der Waals surface area contributed by atoms with E-state index in [1.165, 1.54) is 44.3 Å². The monoisotopic (exact) mass is 548 g/mol. The van der Waals surface area contributed by atoms with Crippen molar-refractivity contribution in [3.8, 4) is 0 Å². The fourth-order valence-electron chi connectivity index (χ4n) is 3.84. The number of aliphatic imine (C=N–C) groups is 1. The molecule has 2 aliphatic rings. The van der Waals surface area contributed by atoms with Crippen LogP contribution in [0.2, 0.25) is 0 Å². The van der Waals surface area contributed by atoms with Crippen LogP contribution in [0.5, 0.6) is 0 Å². The Morgan fingerprint density at radius 2 is 2.00 bits per heavy atom. The highest BCUT2D eigenvalue weighted by Crippen LogP contribution is 2.29. The number of likely N-dealkylation sites (tertiary alicyclic amines) is 1. The van der Waals surface area contributed by atoms with Crippen molar-refractivity contribution >= 4 is 45.9 Å². The summed E-state index contributed by atoms with van der Waals surface area (Å²) in [5.74, 6) is 1.57. The number of piperidine rings is 1. The molecule has 1 aromatic rings. The van der Waals surface area contributed by atoms with Crippen molar-refractivity contribution < 1.29 is 0 Å². The third-order valence-electron chi connectivity index (χ3n) is 5.71. The third kappa shape index (κ3) is 7.54. The number of hydrogen-bond acceptors (Lipinski definition) is 2. The van der Waals surface area contributed by atoms with Gasteiger partial charge in [0.15, 0.2) is 5.96 Å². The predicted octanol–water partition coefficient (Wildman–Crippen LogP) is 4.43. The van der Waals surface area contributed by atoms with E-state index in [1.54, 1.807) is 0 Å². The second-order valence-corrected chi connectivity index (χ2v) is 8.66. The van der Waals surface area contributed by atoms with Gasteiger partial charge < -0.3 is 15.5 Å². The van der Waals surface area contributed by atoms with Gasteiger partial charge in [0.2, 0.25) is 0 Å². The fourth-order valence-corrected chi connectivity index (χ4v) is 4.28. The van der Waals surface area contributed by atoms with E-state index in [9.17, 15) is 0 Å². The van der Waals surface area contributed by atoms with E-state index < -0.39 is 0 Å². The van der Waals surface area contributed by atoms with Crippen LogP contribution in [0.15, 0.2) is 33.7 Å². The molecule has 0 spiro atoms. The van der Waals surface area contributed by atoms with Crippen LogP contribution in [-0.4, -0.2) is 49.6 Å². The van der Waals surface area contributed by atoms with E-state index in [0.29, 0.717) is 12.0 Å². The zero-order valence-corrected chi connectivity index (χ0v) is 20.5. The van der Waals surface area contributed by atoms with Crippen LogP contribution < -0.4 is 10.6 Å². The van der Waals surface area contributed by atoms with Gasteiger partial charge in [-0.15, -0.1) is 24.0 Å². The van der Waals surface area contributed by atoms with E-state index in [4.69, 9.17) is 0 Å². The van der Waals surface area contributed by atoms with Crippen molar-refractivity contribution in [1.29, 1.82) is 0 Å². The Morgan fingerprint density at radius 1 is 1.26 bits per heavy atom. The second-order valence-electron chi connectivity index (χ2n) is 7.75. The summed E-state index contributed by atoms with van der Waals surface area (Å²) in [6.45, 7) is 5.71. The van der Waals surface area contributed by atoms with Gasteiger partial charge in [-0.3, -0.25) is 4.99 Å². The highest BCUT2D eigenvalue weighted by molar-refractivity contribution is 14.0. The topological polar surface area (TPSA) is 39.7 Å². The minimum absolute atomic E-state index is 0. The molecule has 1 heterocycles. The summed E-state index contributed by atoms with van der Waals surface area (Å²) in [6.07, 6.45) is 7.55. The van der Waals surface area contributed by atoms with Crippen LogP contribution >= 0.6 is 39.9 Å². The van der Waals surface area contributed by atoms with Crippen LogP contribution in [0.25, 0.3) is 0 Å². The van der Waals surface area contributed by atoms with Gasteiger partial charge in [0.1, 0.15) is 0 Å². The minimum Gasteiger partial charge on any atom is -0.356 e. The number of benzene rings is 1. The molecular formula is C21H34BrIN4. The van der Waals surface area contributed by atoms with Gasteiger partial charge in [0.25, 0.3) is 0 Å². The molecular weight excluding hydrogens is 515 g/mol. The molecule has 152 valence electrons. The molecule has 1 unspecified atom stereocenters. The summed E-state index contributed by atoms with van der Waals surface area (Å²) in [4.78, 5) is 7.12. The van der Waals surface area contributed by atoms with Gasteiger partial charge in [-0.25, -0.2) is 0 Å². The van der Waals surface area contributed by atoms with E-state index in [2.05, 4.69) is 67.6 Å². The lowest BCUT2D eigenvalue weighted by Gasteiger charge is -2.33. The van der Waals surface area contributed by atoms with Gasteiger partial charge in [-0.1, -0.05) is 41.4 Å². The molecule has 3 rings (SSSR count). The first-order valence-corrected chi connectivity index (χ1v) is 10.9. The molecule has 1 aliphatic carbocycles. The maximum atomic E-state index is 4.45. The fraction of sp³-hybridized carbons (Fsp3) is 0.667. The zero-order valence-electron chi connectivity index (χ0n) is 16.6. The number of guanidine groups is 1. The molecule has 0 bridgehead atoms. The number of nitrogens with one attached hydrogen (secondary N) is 2. The van der Waals surface area contributed by atoms with Gasteiger partial charge in [-0.05, 0) is 55.7 Å². The lowest BCUT2D eigenvalue weighted by molar-refractivity contribution is 0.197. The summed E-state index contributed by atoms with van der Waals surface area (Å²) in [7, 11) is 1.88. The largest absolute Gasteiger partial charge is 0.356 e. The molecule has 1 aromatic carbocycles. The van der Waals surface area contributed by atoms with Crippen molar-refractivity contribution in [3.05, 3.63) is 34.3 Å². The average Bonchev–Trinajstić information content (AvgIpc) is 3.49. The van der Waals surface area contributed by atoms with Gasteiger partial charge in [-0.2, -0.15) is 0 Å². The molecule has 2 N–H and O–H groups in total. The minimum atomic E-state index is 0. The molecule has 2 fully saturated rings. The molecule has 1 saturated carbocycles. The second kappa shape index (κ2) is 11.6. The van der Waals surface area contributed by atoms with E-state index >= 15 is 0 Å². The third-order valence-corrected chi connectivity index (χ3v) is 6.20. The van der Waals surface area contributed by atoms with Gasteiger partial charge in [0, 0.05) is 43.2 Å². The van der Waals surface area contributed by atoms with Crippen molar-refractivity contribution in [2.45, 2.75) is 57.5 Å². The molecule has 1 atom stereocenters. The van der Waals surface area contributed by atoms with E-state index in [1.807, 2.05) is 7.05 Å². The molecule has 27 heavy (non-hydrogen) atoms. The maximum Gasteiger partial charge on any atom is 0.191 e. The Bertz CT molecular complexity index is 598. The van der Waals surface area contributed by atoms with Crippen molar-refractivity contribution in [2.24, 2.45) is 10.9 Å². The normalized spacial score (nSPS) is 20.0. The number of rotatable bonds is 7. The van der Waals surface area contributed by atoms with Crippen LogP contribution in [0.3, 0.4) is 0 Å². The highest BCUT2D eigenvalue weighted by atomic mass is 127. The maximum absolute atomic E-state index is 4.45. The lowest BCUT2D eigenvalue weighted by atomic mass is 9.97. The number of hydrogen-bond donors (Lipinski definition) is 2. The summed E-state index contributed by atoms with van der Waals surface area (Å²) in [5.41, 5.74) is 1.39. The van der Waals surface area contributed by atoms with Crippen molar-refractivity contribution in [3.63, 3.8) is 0 Å². The Morgan fingerprint density at radius 3 is 2.59 bits per heavy atom. The summed E-state index contributed by atoms with van der Waals surface area (Å²) in [5, 5.41) is 7.21. The first-order valence-electron chi connectivity index (χ1n) is 10.1. The Kier molecular flexibility index (Phi) is 9.87. The summed E-state index contributed by atoms with van der Waals surface area (Å²) >= 11 is 3.57. The first-order chi connectivity index (χ1) is 12.7. The summed E-state index contributed by atoms with van der Waals surface area (Å²) in [6, 6.07) is 10.1. The predicted molar refractivity (Wildman–Crippen MR) is 129 cm³/mol. The van der Waals surface area contributed by atoms with Gasteiger partial charge >= 0.3 is 0 Å². The molecule has 0 aromatic heterocycles. The smallest absolute Gasteiger partial charge is 0.191 e. The quantitative estimate of drug-likeness (QED) is 0.301. The van der Waals surface area contributed by atoms with Gasteiger partial charge in [0.05, 0.1) is 0 Å². The number of nitrogens with zero attached hydrogens (tertiary/aromatic N) is 2. The Labute approximate surface area is 190 Å². The van der Waals surface area contributed by atoms with E-state index in [0.717, 1.165) is 35.9 Å². The molecule has 1 saturated heterocycles. The molecule has 6 heteroatoms. The Hall–Kier alpha value is -0.340. The van der Waals surface area contributed by atoms with Crippen LogP contribution in [-0.2, 0) is 6.42 Å². The zero-order chi connectivity index (χ0) is 18.4. The standard InChI is InChI=1S/C21H33BrN4.HI/c1-3-16(13-17-5-4-6-18(22)14-17)15-24-21(23-2)25-19-9-11-26(12-10-19)20-7-8-20;/h4-6,14,16,19-20H,3,7-13,15H2,1-2H3,(H2,23,24,25);1H. The van der Waals surface area contributed by atoms with E-state index in [-0.39, 0.29) is 24.0 Å².